The van der Waals surface area contributed by atoms with E-state index in [4.69, 9.17) is 0 Å². The number of fused-ring (bicyclic) bond motifs is 1. The van der Waals surface area contributed by atoms with Gasteiger partial charge in [0.1, 0.15) is 29.1 Å². The molecule has 0 radical (unpaired) electrons. The molecule has 43 heavy (non-hydrogen) atoms. The van der Waals surface area contributed by atoms with Crippen LogP contribution in [0.1, 0.15) is 17.5 Å². The van der Waals surface area contributed by atoms with E-state index < -0.39 is 46.4 Å². The highest BCUT2D eigenvalue weighted by molar-refractivity contribution is 5.89. The first-order valence-electron chi connectivity index (χ1n) is 13.0. The molecule has 0 aliphatic heterocycles. The Morgan fingerprint density at radius 2 is 1.28 bits per heavy atom. The Morgan fingerprint density at radius 1 is 0.651 bits per heavy atom. The summed E-state index contributed by atoms with van der Waals surface area (Å²) in [6.45, 7) is 3.70. The predicted molar refractivity (Wildman–Crippen MR) is 151 cm³/mol. The molecule has 216 valence electrons. The first-order valence-corrected chi connectivity index (χ1v) is 13.0. The SMILES string of the molecule is C=CCCc1ccc(-c2ccc(-c3cc(F)c(-c4ccc5c(F)c(C#CC(F)(F)F)c(F)cc5c4)c(F)c3)c(F)c2)cc1. The van der Waals surface area contributed by atoms with Crippen molar-refractivity contribution in [2.75, 3.05) is 0 Å². The van der Waals surface area contributed by atoms with Gasteiger partial charge in [-0.25, -0.2) is 22.0 Å². The molecular weight excluding hydrogens is 572 g/mol. The van der Waals surface area contributed by atoms with Crippen molar-refractivity contribution in [2.45, 2.75) is 19.0 Å². The molecule has 0 atom stereocenters. The van der Waals surface area contributed by atoms with E-state index in [0.717, 1.165) is 66.3 Å². The van der Waals surface area contributed by atoms with Crippen molar-refractivity contribution in [1.82, 2.24) is 0 Å². The summed E-state index contributed by atoms with van der Waals surface area (Å²) in [6, 6.07) is 17.9. The quantitative estimate of drug-likeness (QED) is 0.105. The Morgan fingerprint density at radius 3 is 1.91 bits per heavy atom. The lowest BCUT2D eigenvalue weighted by Crippen LogP contribution is -2.02. The number of halogens is 8. The number of rotatable bonds is 6. The Hall–Kier alpha value is -4.90. The fourth-order valence-electron chi connectivity index (χ4n) is 4.80. The number of aryl methyl sites for hydroxylation is 1. The lowest BCUT2D eigenvalue weighted by Gasteiger charge is -2.12. The predicted octanol–water partition coefficient (Wildman–Crippen LogP) is 10.6. The van der Waals surface area contributed by atoms with E-state index in [9.17, 15) is 22.0 Å². The van der Waals surface area contributed by atoms with Crippen molar-refractivity contribution in [3.05, 3.63) is 132 Å². The molecule has 0 saturated heterocycles. The molecule has 5 rings (SSSR count). The molecule has 0 spiro atoms. The summed E-state index contributed by atoms with van der Waals surface area (Å²) >= 11 is 0. The molecule has 0 saturated carbocycles. The van der Waals surface area contributed by atoms with E-state index in [2.05, 4.69) is 6.58 Å². The maximum absolute atomic E-state index is 15.3. The zero-order valence-electron chi connectivity index (χ0n) is 22.2. The fourth-order valence-corrected chi connectivity index (χ4v) is 4.80. The lowest BCUT2D eigenvalue weighted by atomic mass is 9.95. The second-order valence-electron chi connectivity index (χ2n) is 9.76. The minimum absolute atomic E-state index is 0.0362. The van der Waals surface area contributed by atoms with Crippen molar-refractivity contribution in [3.63, 3.8) is 0 Å². The van der Waals surface area contributed by atoms with Gasteiger partial charge in [-0.1, -0.05) is 60.5 Å². The minimum atomic E-state index is -4.96. The van der Waals surface area contributed by atoms with Gasteiger partial charge in [-0.2, -0.15) is 13.2 Å². The van der Waals surface area contributed by atoms with Crippen LogP contribution in [-0.2, 0) is 6.42 Å². The minimum Gasteiger partial charge on any atom is -0.206 e. The third-order valence-electron chi connectivity index (χ3n) is 6.89. The van der Waals surface area contributed by atoms with Gasteiger partial charge in [0.05, 0.1) is 11.1 Å². The number of alkyl halides is 3. The highest BCUT2D eigenvalue weighted by Crippen LogP contribution is 2.36. The topological polar surface area (TPSA) is 0 Å². The molecule has 0 aliphatic rings. The molecule has 0 amide bonds. The highest BCUT2D eigenvalue weighted by atomic mass is 19.4. The zero-order chi connectivity index (χ0) is 30.9. The summed E-state index contributed by atoms with van der Waals surface area (Å²) in [6.07, 6.45) is -1.47. The largest absolute Gasteiger partial charge is 0.458 e. The summed E-state index contributed by atoms with van der Waals surface area (Å²) in [4.78, 5) is 0. The summed E-state index contributed by atoms with van der Waals surface area (Å²) < 4.78 is 112. The Labute approximate surface area is 241 Å². The van der Waals surface area contributed by atoms with Gasteiger partial charge in [0.2, 0.25) is 0 Å². The van der Waals surface area contributed by atoms with E-state index in [-0.39, 0.29) is 27.5 Å². The first-order chi connectivity index (χ1) is 20.4. The first kappa shape index (κ1) is 29.6. The van der Waals surface area contributed by atoms with Gasteiger partial charge in [0.15, 0.2) is 0 Å². The molecule has 0 bridgehead atoms. The van der Waals surface area contributed by atoms with Gasteiger partial charge in [-0.05, 0) is 76.4 Å². The van der Waals surface area contributed by atoms with Crippen LogP contribution in [0.5, 0.6) is 0 Å². The molecular formula is C35H20F8. The van der Waals surface area contributed by atoms with Crippen LogP contribution >= 0.6 is 0 Å². The van der Waals surface area contributed by atoms with Crippen LogP contribution in [0.2, 0.25) is 0 Å². The highest BCUT2D eigenvalue weighted by Gasteiger charge is 2.24. The average Bonchev–Trinajstić information content (AvgIpc) is 2.95. The maximum atomic E-state index is 15.3. The van der Waals surface area contributed by atoms with Crippen molar-refractivity contribution in [2.24, 2.45) is 0 Å². The van der Waals surface area contributed by atoms with Crippen LogP contribution in [0.4, 0.5) is 35.1 Å². The van der Waals surface area contributed by atoms with Gasteiger partial charge in [-0.3, -0.25) is 0 Å². The van der Waals surface area contributed by atoms with Crippen LogP contribution in [-0.4, -0.2) is 6.18 Å². The van der Waals surface area contributed by atoms with Crippen molar-refractivity contribution < 1.29 is 35.1 Å². The third-order valence-corrected chi connectivity index (χ3v) is 6.89. The molecule has 0 aliphatic carbocycles. The van der Waals surface area contributed by atoms with E-state index in [1.807, 2.05) is 30.3 Å². The number of benzene rings is 5. The molecule has 0 unspecified atom stereocenters. The van der Waals surface area contributed by atoms with Crippen molar-refractivity contribution in [3.8, 4) is 45.2 Å². The lowest BCUT2D eigenvalue weighted by molar-refractivity contribution is -0.0696. The summed E-state index contributed by atoms with van der Waals surface area (Å²) in [5.74, 6) is -3.23. The summed E-state index contributed by atoms with van der Waals surface area (Å²) in [5.41, 5.74) is 0.664. The normalized spacial score (nSPS) is 11.3. The zero-order valence-corrected chi connectivity index (χ0v) is 22.2. The molecule has 5 aromatic rings. The number of hydrogen-bond donors (Lipinski definition) is 0. The van der Waals surface area contributed by atoms with Gasteiger partial charge in [0, 0.05) is 16.9 Å². The molecule has 8 heteroatoms. The van der Waals surface area contributed by atoms with Crippen molar-refractivity contribution in [1.29, 1.82) is 0 Å². The molecule has 0 aromatic heterocycles. The Kier molecular flexibility index (Phi) is 8.10. The van der Waals surface area contributed by atoms with E-state index in [0.29, 0.717) is 5.56 Å². The molecule has 0 N–H and O–H groups in total. The van der Waals surface area contributed by atoms with Gasteiger partial charge in [-0.15, -0.1) is 6.58 Å². The fraction of sp³-hybridized carbons (Fsp3) is 0.0857. The van der Waals surface area contributed by atoms with Crippen molar-refractivity contribution >= 4 is 10.8 Å². The number of allylic oxidation sites excluding steroid dienone is 1. The van der Waals surface area contributed by atoms with Crippen LogP contribution in [0.25, 0.3) is 44.2 Å². The van der Waals surface area contributed by atoms with Gasteiger partial charge >= 0.3 is 6.18 Å². The van der Waals surface area contributed by atoms with Gasteiger partial charge in [0.25, 0.3) is 0 Å². The second-order valence-corrected chi connectivity index (χ2v) is 9.76. The maximum Gasteiger partial charge on any atom is 0.458 e. The monoisotopic (exact) mass is 592 g/mol. The van der Waals surface area contributed by atoms with Gasteiger partial charge < -0.3 is 0 Å². The standard InChI is InChI=1S/C35H20F8/c1-2-3-4-20-5-7-21(8-6-20)22-9-11-26(29(36)16-22)25-18-31(38)33(32(39)19-25)23-10-12-27-24(15-23)17-30(37)28(34(27)40)13-14-35(41,42)43/h2,5-12,15-19H,1,3-4H2. The van der Waals surface area contributed by atoms with Crippen LogP contribution in [0, 0.1) is 40.9 Å². The Bertz CT molecular complexity index is 1900. The Balaban J connectivity index is 1.47. The average molecular weight is 593 g/mol. The summed E-state index contributed by atoms with van der Waals surface area (Å²) in [7, 11) is 0. The smallest absolute Gasteiger partial charge is 0.206 e. The molecule has 0 heterocycles. The third kappa shape index (κ3) is 6.31. The van der Waals surface area contributed by atoms with Crippen LogP contribution < -0.4 is 0 Å². The van der Waals surface area contributed by atoms with E-state index >= 15 is 13.2 Å². The second kappa shape index (κ2) is 11.8. The molecule has 0 fully saturated rings. The molecule has 0 nitrogen and oxygen atoms in total. The molecule has 5 aromatic carbocycles. The van der Waals surface area contributed by atoms with E-state index in [1.165, 1.54) is 18.1 Å². The van der Waals surface area contributed by atoms with Crippen LogP contribution in [0.3, 0.4) is 0 Å². The summed E-state index contributed by atoms with van der Waals surface area (Å²) in [5, 5.41) is -0.439. The van der Waals surface area contributed by atoms with E-state index in [1.54, 1.807) is 6.07 Å². The number of hydrogen-bond acceptors (Lipinski definition) is 0. The van der Waals surface area contributed by atoms with Crippen LogP contribution in [0.15, 0.2) is 91.5 Å².